The summed E-state index contributed by atoms with van der Waals surface area (Å²) in [6, 6.07) is 24.4. The van der Waals surface area contributed by atoms with Gasteiger partial charge in [0.2, 0.25) is 0 Å². The van der Waals surface area contributed by atoms with E-state index in [-0.39, 0.29) is 12.5 Å². The molecule has 5 aromatic rings. The van der Waals surface area contributed by atoms with Crippen molar-refractivity contribution in [2.75, 3.05) is 0 Å². The Morgan fingerprint density at radius 2 is 1.54 bits per heavy atom. The summed E-state index contributed by atoms with van der Waals surface area (Å²) in [7, 11) is 0. The van der Waals surface area contributed by atoms with Crippen molar-refractivity contribution in [3.8, 4) is 16.9 Å². The maximum Gasteiger partial charge on any atom is 0.255 e. The smallest absolute Gasteiger partial charge is 0.255 e. The lowest BCUT2D eigenvalue weighted by atomic mass is 10.1. The molecular formula is C26H20Cl2N6O. The fraction of sp³-hybridized carbons (Fsp3) is 0.0769. The van der Waals surface area contributed by atoms with Gasteiger partial charge in [0.15, 0.2) is 0 Å². The average molecular weight is 503 g/mol. The number of nitrogens with one attached hydrogen (secondary N) is 1. The van der Waals surface area contributed by atoms with E-state index in [1.54, 1.807) is 27.7 Å². The van der Waals surface area contributed by atoms with Gasteiger partial charge in [-0.2, -0.15) is 5.10 Å². The molecule has 0 aliphatic heterocycles. The molecule has 0 saturated carbocycles. The van der Waals surface area contributed by atoms with Crippen molar-refractivity contribution >= 4 is 29.1 Å². The minimum absolute atomic E-state index is 0.232. The molecule has 9 heteroatoms. The topological polar surface area (TPSA) is 77.6 Å². The van der Waals surface area contributed by atoms with Crippen LogP contribution in [0.2, 0.25) is 10.0 Å². The van der Waals surface area contributed by atoms with Gasteiger partial charge in [0, 0.05) is 21.8 Å². The van der Waals surface area contributed by atoms with Gasteiger partial charge in [0.05, 0.1) is 30.5 Å². The number of hydrogen-bond acceptors (Lipinski definition) is 4. The molecule has 0 saturated heterocycles. The zero-order valence-corrected chi connectivity index (χ0v) is 20.0. The predicted octanol–water partition coefficient (Wildman–Crippen LogP) is 5.42. The SMILES string of the molecule is O=C(NCc1cn(Cc2ccc(Cl)cc2)nn1)c1cn(-c2ccccc2)nc1-c1ccc(Cl)cc1. The molecule has 174 valence electrons. The van der Waals surface area contributed by atoms with Gasteiger partial charge in [-0.15, -0.1) is 5.10 Å². The molecule has 2 heterocycles. The first kappa shape index (κ1) is 22.8. The largest absolute Gasteiger partial charge is 0.346 e. The van der Waals surface area contributed by atoms with Gasteiger partial charge in [-0.05, 0) is 42.0 Å². The quantitative estimate of drug-likeness (QED) is 0.322. The van der Waals surface area contributed by atoms with E-state index in [1.165, 1.54) is 0 Å². The number of halogens is 2. The molecule has 5 rings (SSSR count). The highest BCUT2D eigenvalue weighted by atomic mass is 35.5. The highest BCUT2D eigenvalue weighted by Gasteiger charge is 2.19. The molecule has 1 amide bonds. The van der Waals surface area contributed by atoms with Crippen LogP contribution in [-0.4, -0.2) is 30.7 Å². The third kappa shape index (κ3) is 5.42. The van der Waals surface area contributed by atoms with Gasteiger partial charge in [0.1, 0.15) is 11.4 Å². The molecule has 3 aromatic carbocycles. The van der Waals surface area contributed by atoms with E-state index in [9.17, 15) is 4.79 Å². The van der Waals surface area contributed by atoms with Crippen LogP contribution in [0.5, 0.6) is 0 Å². The molecule has 0 fully saturated rings. The van der Waals surface area contributed by atoms with E-state index >= 15 is 0 Å². The monoisotopic (exact) mass is 502 g/mol. The number of amides is 1. The standard InChI is InChI=1S/C26H20Cl2N6O/c27-20-10-6-18(7-11-20)15-33-16-22(30-32-33)14-29-26(35)24-17-34(23-4-2-1-3-5-23)31-25(24)19-8-12-21(28)13-9-19/h1-13,16-17H,14-15H2,(H,29,35). The van der Waals surface area contributed by atoms with Crippen LogP contribution in [0, 0.1) is 0 Å². The second-order valence-corrected chi connectivity index (χ2v) is 8.77. The summed E-state index contributed by atoms with van der Waals surface area (Å²) in [4.78, 5) is 13.2. The second kappa shape index (κ2) is 10.1. The van der Waals surface area contributed by atoms with E-state index in [0.717, 1.165) is 16.8 Å². The summed E-state index contributed by atoms with van der Waals surface area (Å²) in [6.07, 6.45) is 3.54. The van der Waals surface area contributed by atoms with E-state index in [0.29, 0.717) is 33.5 Å². The van der Waals surface area contributed by atoms with Crippen LogP contribution in [-0.2, 0) is 13.1 Å². The number of carbonyl (C=O) groups is 1. The lowest BCUT2D eigenvalue weighted by Gasteiger charge is -2.04. The number of rotatable bonds is 7. The fourth-order valence-corrected chi connectivity index (χ4v) is 3.87. The Morgan fingerprint density at radius 3 is 2.26 bits per heavy atom. The van der Waals surface area contributed by atoms with Crippen LogP contribution in [0.1, 0.15) is 21.6 Å². The van der Waals surface area contributed by atoms with Crippen LogP contribution >= 0.6 is 23.2 Å². The Balaban J connectivity index is 1.34. The summed E-state index contributed by atoms with van der Waals surface area (Å²) >= 11 is 12.0. The highest BCUT2D eigenvalue weighted by molar-refractivity contribution is 6.30. The minimum Gasteiger partial charge on any atom is -0.346 e. The van der Waals surface area contributed by atoms with Crippen LogP contribution in [0.4, 0.5) is 0 Å². The molecule has 0 aliphatic rings. The fourth-order valence-electron chi connectivity index (χ4n) is 3.61. The summed E-state index contributed by atoms with van der Waals surface area (Å²) in [5.74, 6) is -0.260. The lowest BCUT2D eigenvalue weighted by Crippen LogP contribution is -2.23. The number of para-hydroxylation sites is 1. The van der Waals surface area contributed by atoms with Crippen LogP contribution in [0.3, 0.4) is 0 Å². The van der Waals surface area contributed by atoms with Gasteiger partial charge >= 0.3 is 0 Å². The molecule has 7 nitrogen and oxygen atoms in total. The third-order valence-electron chi connectivity index (χ3n) is 5.37. The summed E-state index contributed by atoms with van der Waals surface area (Å²) in [6.45, 7) is 0.790. The summed E-state index contributed by atoms with van der Waals surface area (Å²) in [5.41, 5.74) is 4.36. The number of carbonyl (C=O) groups excluding carboxylic acids is 1. The van der Waals surface area contributed by atoms with Gasteiger partial charge in [0.25, 0.3) is 5.91 Å². The molecule has 2 aromatic heterocycles. The minimum atomic E-state index is -0.260. The Hall–Kier alpha value is -3.94. The number of nitrogens with zero attached hydrogens (tertiary/aromatic N) is 5. The Kier molecular flexibility index (Phi) is 6.61. The van der Waals surface area contributed by atoms with Crippen LogP contribution in [0.15, 0.2) is 91.3 Å². The maximum absolute atomic E-state index is 13.2. The number of hydrogen-bond donors (Lipinski definition) is 1. The predicted molar refractivity (Wildman–Crippen MR) is 136 cm³/mol. The van der Waals surface area contributed by atoms with Gasteiger partial charge in [-0.1, -0.05) is 70.9 Å². The lowest BCUT2D eigenvalue weighted by molar-refractivity contribution is 0.0951. The van der Waals surface area contributed by atoms with Crippen molar-refractivity contribution in [2.45, 2.75) is 13.1 Å². The first-order chi connectivity index (χ1) is 17.0. The zero-order valence-electron chi connectivity index (χ0n) is 18.5. The molecule has 0 bridgehead atoms. The van der Waals surface area contributed by atoms with E-state index < -0.39 is 0 Å². The molecule has 0 spiro atoms. The third-order valence-corrected chi connectivity index (χ3v) is 5.88. The highest BCUT2D eigenvalue weighted by Crippen LogP contribution is 2.25. The molecule has 1 N–H and O–H groups in total. The van der Waals surface area contributed by atoms with Crippen molar-refractivity contribution in [3.05, 3.63) is 118 Å². The van der Waals surface area contributed by atoms with E-state index in [1.807, 2.05) is 72.9 Å². The van der Waals surface area contributed by atoms with E-state index in [2.05, 4.69) is 20.7 Å². The van der Waals surface area contributed by atoms with Crippen molar-refractivity contribution in [1.29, 1.82) is 0 Å². The first-order valence-corrected chi connectivity index (χ1v) is 11.6. The van der Waals surface area contributed by atoms with Gasteiger partial charge in [-0.3, -0.25) is 4.79 Å². The normalized spacial score (nSPS) is 10.9. The zero-order chi connectivity index (χ0) is 24.2. The molecule has 0 aliphatic carbocycles. The second-order valence-electron chi connectivity index (χ2n) is 7.89. The average Bonchev–Trinajstić information content (AvgIpc) is 3.53. The molecule has 0 radical (unpaired) electrons. The number of aromatic nitrogens is 5. The van der Waals surface area contributed by atoms with Gasteiger partial charge in [-0.25, -0.2) is 9.36 Å². The summed E-state index contributed by atoms with van der Waals surface area (Å²) in [5, 5.41) is 17.2. The number of benzene rings is 3. The first-order valence-electron chi connectivity index (χ1n) is 10.9. The van der Waals surface area contributed by atoms with Crippen molar-refractivity contribution in [3.63, 3.8) is 0 Å². The van der Waals surface area contributed by atoms with Gasteiger partial charge < -0.3 is 5.32 Å². The Bertz CT molecular complexity index is 1440. The van der Waals surface area contributed by atoms with Crippen molar-refractivity contribution in [2.24, 2.45) is 0 Å². The molecule has 0 unspecified atom stereocenters. The van der Waals surface area contributed by atoms with Crippen LogP contribution in [0.25, 0.3) is 16.9 Å². The molecule has 35 heavy (non-hydrogen) atoms. The van der Waals surface area contributed by atoms with Crippen LogP contribution < -0.4 is 5.32 Å². The Morgan fingerprint density at radius 1 is 0.857 bits per heavy atom. The molecule has 0 atom stereocenters. The van der Waals surface area contributed by atoms with Crippen molar-refractivity contribution in [1.82, 2.24) is 30.1 Å². The van der Waals surface area contributed by atoms with E-state index in [4.69, 9.17) is 23.2 Å². The maximum atomic E-state index is 13.2. The van der Waals surface area contributed by atoms with Crippen molar-refractivity contribution < 1.29 is 4.79 Å². The molecular weight excluding hydrogens is 483 g/mol. The summed E-state index contributed by atoms with van der Waals surface area (Å²) < 4.78 is 3.42. The Labute approximate surface area is 211 Å².